The molecule has 0 fully saturated rings. The molecule has 0 aromatic heterocycles. The van der Waals surface area contributed by atoms with E-state index in [4.69, 9.17) is 9.79 Å². The molecular formula is C13H13F17NO5PS. The zero-order valence-corrected chi connectivity index (χ0v) is 19.4. The van der Waals surface area contributed by atoms with Crippen LogP contribution < -0.4 is 0 Å². The molecule has 0 saturated carbocycles. The molecule has 230 valence electrons. The number of hydrogen-bond donors (Lipinski definition) is 2. The van der Waals surface area contributed by atoms with Crippen molar-refractivity contribution in [2.45, 2.75) is 59.8 Å². The number of halogens is 17. The van der Waals surface area contributed by atoms with Crippen LogP contribution >= 0.6 is 7.60 Å². The minimum atomic E-state index is -8.91. The van der Waals surface area contributed by atoms with Gasteiger partial charge < -0.3 is 9.79 Å². The minimum Gasteiger partial charge on any atom is -0.324 e. The summed E-state index contributed by atoms with van der Waals surface area (Å²) in [5.74, 6) is -52.0. The fourth-order valence-corrected chi connectivity index (χ4v) is 4.13. The molecule has 0 aliphatic rings. The van der Waals surface area contributed by atoms with E-state index in [0.717, 1.165) is 0 Å². The Kier molecular flexibility index (Phi) is 9.75. The summed E-state index contributed by atoms with van der Waals surface area (Å²) in [5, 5.41) is -7.66. The minimum absolute atomic E-state index is 0.153. The van der Waals surface area contributed by atoms with Crippen LogP contribution in [0.1, 0.15) is 12.8 Å². The molecule has 25 heteroatoms. The van der Waals surface area contributed by atoms with Crippen molar-refractivity contribution < 1.29 is 97.4 Å². The smallest absolute Gasteiger partial charge is 0.324 e. The Labute approximate surface area is 200 Å². The lowest BCUT2D eigenvalue weighted by atomic mass is 9.91. The summed E-state index contributed by atoms with van der Waals surface area (Å²) >= 11 is 0. The first-order chi connectivity index (χ1) is 16.1. The number of rotatable bonds is 13. The molecule has 0 unspecified atom stereocenters. The fraction of sp³-hybridized carbons (Fsp3) is 1.00. The molecule has 0 spiro atoms. The third kappa shape index (κ3) is 5.55. The average Bonchev–Trinajstić information content (AvgIpc) is 2.68. The Bertz CT molecular complexity index is 1010. The van der Waals surface area contributed by atoms with Crippen LogP contribution in [0.2, 0.25) is 0 Å². The van der Waals surface area contributed by atoms with Gasteiger partial charge in [0.05, 0.1) is 0 Å². The van der Waals surface area contributed by atoms with Crippen LogP contribution in [0.25, 0.3) is 0 Å². The maximum absolute atomic E-state index is 14.0. The molecule has 0 heterocycles. The summed E-state index contributed by atoms with van der Waals surface area (Å²) < 4.78 is 258. The second-order valence-electron chi connectivity index (χ2n) is 7.38. The van der Waals surface area contributed by atoms with Crippen molar-refractivity contribution in [2.75, 3.05) is 19.8 Å². The van der Waals surface area contributed by atoms with Gasteiger partial charge in [-0.3, -0.25) is 4.57 Å². The highest BCUT2D eigenvalue weighted by Crippen LogP contribution is 2.64. The largest absolute Gasteiger partial charge is 0.460 e. The van der Waals surface area contributed by atoms with Crippen molar-refractivity contribution in [1.82, 2.24) is 4.31 Å². The highest BCUT2D eigenvalue weighted by molar-refractivity contribution is 7.90. The average molecular weight is 649 g/mol. The van der Waals surface area contributed by atoms with Crippen LogP contribution in [-0.4, -0.2) is 89.2 Å². The maximum Gasteiger partial charge on any atom is 0.460 e. The van der Waals surface area contributed by atoms with Crippen molar-refractivity contribution >= 4 is 17.6 Å². The van der Waals surface area contributed by atoms with Gasteiger partial charge in [-0.05, 0) is 12.8 Å². The van der Waals surface area contributed by atoms with Gasteiger partial charge >= 0.3 is 54.6 Å². The predicted molar refractivity (Wildman–Crippen MR) is 88.4 cm³/mol. The van der Waals surface area contributed by atoms with E-state index >= 15 is 0 Å². The van der Waals surface area contributed by atoms with Crippen LogP contribution in [0.5, 0.6) is 0 Å². The Morgan fingerprint density at radius 1 is 0.605 bits per heavy atom. The quantitative estimate of drug-likeness (QED) is 0.163. The second-order valence-corrected chi connectivity index (χ2v) is 11.2. The predicted octanol–water partition coefficient (Wildman–Crippen LogP) is 5.17. The lowest BCUT2D eigenvalue weighted by Gasteiger charge is -2.42. The van der Waals surface area contributed by atoms with E-state index in [-0.39, 0.29) is 7.05 Å². The van der Waals surface area contributed by atoms with Crippen molar-refractivity contribution in [2.24, 2.45) is 0 Å². The summed E-state index contributed by atoms with van der Waals surface area (Å²) in [5.41, 5.74) is 0. The lowest BCUT2D eigenvalue weighted by molar-refractivity contribution is -0.458. The molecule has 38 heavy (non-hydrogen) atoms. The van der Waals surface area contributed by atoms with E-state index in [1.807, 2.05) is 0 Å². The van der Waals surface area contributed by atoms with Crippen LogP contribution in [0.15, 0.2) is 0 Å². The summed E-state index contributed by atoms with van der Waals surface area (Å²) in [6.07, 6.45) is -10.7. The van der Waals surface area contributed by atoms with E-state index in [1.165, 1.54) is 0 Å². The first-order valence-corrected chi connectivity index (χ1v) is 12.1. The highest BCUT2D eigenvalue weighted by Gasteiger charge is 2.96. The molecule has 0 bridgehead atoms. The zero-order valence-electron chi connectivity index (χ0n) is 17.7. The van der Waals surface area contributed by atoms with E-state index in [0.29, 0.717) is 0 Å². The van der Waals surface area contributed by atoms with E-state index in [9.17, 15) is 87.6 Å². The fourth-order valence-electron chi connectivity index (χ4n) is 2.28. The van der Waals surface area contributed by atoms with Crippen molar-refractivity contribution in [1.29, 1.82) is 0 Å². The summed E-state index contributed by atoms with van der Waals surface area (Å²) in [7, 11) is -12.4. The molecule has 6 nitrogen and oxygen atoms in total. The summed E-state index contributed by atoms with van der Waals surface area (Å²) in [6.45, 7) is -1.51. The Morgan fingerprint density at radius 3 is 1.24 bits per heavy atom. The van der Waals surface area contributed by atoms with Gasteiger partial charge in [-0.1, -0.05) is 0 Å². The number of nitrogens with zero attached hydrogens (tertiary/aromatic N) is 1. The Morgan fingerprint density at radius 2 is 0.921 bits per heavy atom. The highest BCUT2D eigenvalue weighted by atomic mass is 32.2. The van der Waals surface area contributed by atoms with E-state index in [1.54, 1.807) is 0 Å². The maximum atomic E-state index is 14.0. The molecule has 0 aromatic rings. The van der Waals surface area contributed by atoms with Gasteiger partial charge in [0.25, 0.3) is 10.0 Å². The first-order valence-electron chi connectivity index (χ1n) is 8.84. The van der Waals surface area contributed by atoms with Crippen molar-refractivity contribution in [3.8, 4) is 0 Å². The standard InChI is InChI=1S/C13H13F17NO5PS/c1-31(4-2-3-5-37(32,33)34)38(35,36)13(29,30)11(24,25)9(20,21)7(16,17)6(14,15)8(18,19)10(22,23)12(26,27)28/h2-5H2,1H3,(H2,32,33,34). The molecule has 0 rings (SSSR count). The molecular weight excluding hydrogens is 636 g/mol. The first kappa shape index (κ1) is 36.9. The van der Waals surface area contributed by atoms with Crippen LogP contribution in [0.3, 0.4) is 0 Å². The monoisotopic (exact) mass is 649 g/mol. The normalized spacial score (nSPS) is 16.3. The number of sulfonamides is 1. The molecule has 0 aliphatic carbocycles. The van der Waals surface area contributed by atoms with Crippen LogP contribution in [0, 0.1) is 0 Å². The summed E-state index contributed by atoms with van der Waals surface area (Å²) in [6, 6.07) is 0. The topological polar surface area (TPSA) is 94.9 Å². The van der Waals surface area contributed by atoms with Gasteiger partial charge in [-0.2, -0.15) is 78.9 Å². The van der Waals surface area contributed by atoms with Gasteiger partial charge in [-0.15, -0.1) is 0 Å². The number of alkyl halides is 17. The van der Waals surface area contributed by atoms with Gasteiger partial charge in [0.2, 0.25) is 0 Å². The van der Waals surface area contributed by atoms with Gasteiger partial charge in [0, 0.05) is 19.8 Å². The van der Waals surface area contributed by atoms with E-state index in [2.05, 4.69) is 0 Å². The van der Waals surface area contributed by atoms with Gasteiger partial charge in [0.1, 0.15) is 0 Å². The van der Waals surface area contributed by atoms with Crippen molar-refractivity contribution in [3.63, 3.8) is 0 Å². The summed E-state index contributed by atoms with van der Waals surface area (Å²) in [4.78, 5) is 17.1. The number of unbranched alkanes of at least 4 members (excludes halogenated alkanes) is 1. The SMILES string of the molecule is CN(CCCCP(=O)(O)O)S(=O)(=O)C(F)(F)C(F)(F)C(F)(F)C(F)(F)C(F)(F)C(F)(F)C(F)(F)C(F)(F)F. The molecule has 0 aliphatic heterocycles. The Hall–Kier alpha value is -1.13. The zero-order chi connectivity index (χ0) is 31.4. The Balaban J connectivity index is 6.59. The van der Waals surface area contributed by atoms with Crippen LogP contribution in [-0.2, 0) is 14.6 Å². The van der Waals surface area contributed by atoms with Gasteiger partial charge in [0.15, 0.2) is 0 Å². The van der Waals surface area contributed by atoms with E-state index < -0.39 is 94.4 Å². The van der Waals surface area contributed by atoms with Crippen LogP contribution in [0.4, 0.5) is 74.6 Å². The molecule has 0 saturated heterocycles. The molecule has 0 atom stereocenters. The van der Waals surface area contributed by atoms with Crippen molar-refractivity contribution in [3.05, 3.63) is 0 Å². The number of hydrogen-bond acceptors (Lipinski definition) is 3. The molecule has 2 N–H and O–H groups in total. The second kappa shape index (κ2) is 10.1. The molecule has 0 amide bonds. The van der Waals surface area contributed by atoms with Gasteiger partial charge in [-0.25, -0.2) is 8.42 Å². The molecule has 0 aromatic carbocycles. The molecule has 0 radical (unpaired) electrons. The third-order valence-electron chi connectivity index (χ3n) is 4.60. The third-order valence-corrected chi connectivity index (χ3v) is 7.41. The lowest BCUT2D eigenvalue weighted by Crippen LogP contribution is -2.75.